The van der Waals surface area contributed by atoms with Crippen molar-refractivity contribution in [3.8, 4) is 5.75 Å². The van der Waals surface area contributed by atoms with E-state index < -0.39 is 6.10 Å². The molecule has 0 radical (unpaired) electrons. The van der Waals surface area contributed by atoms with E-state index >= 15 is 0 Å². The zero-order chi connectivity index (χ0) is 23.5. The highest BCUT2D eigenvalue weighted by molar-refractivity contribution is 5.98. The van der Waals surface area contributed by atoms with E-state index in [0.29, 0.717) is 36.3 Å². The van der Waals surface area contributed by atoms with Gasteiger partial charge in [0.15, 0.2) is 5.78 Å². The lowest BCUT2D eigenvalue weighted by Gasteiger charge is -2.25. The van der Waals surface area contributed by atoms with Crippen LogP contribution in [0.5, 0.6) is 5.75 Å². The number of aliphatic hydroxyl groups excluding tert-OH is 1. The van der Waals surface area contributed by atoms with Gasteiger partial charge in [0.05, 0.1) is 12.1 Å². The molecule has 0 spiro atoms. The van der Waals surface area contributed by atoms with Gasteiger partial charge in [0.1, 0.15) is 18.5 Å². The van der Waals surface area contributed by atoms with Crippen molar-refractivity contribution in [2.75, 3.05) is 19.7 Å². The molecule has 0 aliphatic heterocycles. The van der Waals surface area contributed by atoms with Gasteiger partial charge in [0.2, 0.25) is 0 Å². The molecule has 0 saturated heterocycles. The Morgan fingerprint density at radius 2 is 1.55 bits per heavy atom. The number of nitrogens with zero attached hydrogens (tertiary/aromatic N) is 1. The SMILES string of the molecule is CCCN(C[C@@H](O)COc1ccccc1C(=O)CCc1ccccc1)C(=O)c1ccccc1. The molecule has 172 valence electrons. The van der Waals surface area contributed by atoms with E-state index in [1.165, 1.54) is 0 Å². The number of carbonyl (C=O) groups is 2. The van der Waals surface area contributed by atoms with E-state index in [0.717, 1.165) is 12.0 Å². The monoisotopic (exact) mass is 445 g/mol. The standard InChI is InChI=1S/C28H31NO4/c1-2-19-29(28(32)23-13-7-4-8-14-23)20-24(30)21-33-27-16-10-9-15-25(27)26(31)18-17-22-11-5-3-6-12-22/h3-16,24,30H,2,17-21H2,1H3/t24-/m1/s1. The molecule has 0 unspecified atom stereocenters. The van der Waals surface area contributed by atoms with Gasteiger partial charge in [0, 0.05) is 18.5 Å². The van der Waals surface area contributed by atoms with Crippen LogP contribution < -0.4 is 4.74 Å². The number of carbonyl (C=O) groups excluding carboxylic acids is 2. The van der Waals surface area contributed by atoms with Crippen LogP contribution in [0.1, 0.15) is 46.0 Å². The fourth-order valence-electron chi connectivity index (χ4n) is 3.66. The van der Waals surface area contributed by atoms with Crippen LogP contribution in [0, 0.1) is 0 Å². The summed E-state index contributed by atoms with van der Waals surface area (Å²) in [5.74, 6) is 0.329. The molecule has 0 heterocycles. The van der Waals surface area contributed by atoms with Crippen LogP contribution in [0.4, 0.5) is 0 Å². The summed E-state index contributed by atoms with van der Waals surface area (Å²) in [6.07, 6.45) is 0.939. The molecule has 0 saturated carbocycles. The highest BCUT2D eigenvalue weighted by Crippen LogP contribution is 2.21. The van der Waals surface area contributed by atoms with E-state index in [9.17, 15) is 14.7 Å². The number of hydrogen-bond acceptors (Lipinski definition) is 4. The Morgan fingerprint density at radius 3 is 2.24 bits per heavy atom. The third-order valence-corrected chi connectivity index (χ3v) is 5.33. The molecular weight excluding hydrogens is 414 g/mol. The molecule has 0 bridgehead atoms. The van der Waals surface area contributed by atoms with Gasteiger partial charge in [-0.15, -0.1) is 0 Å². The maximum Gasteiger partial charge on any atom is 0.253 e. The Balaban J connectivity index is 1.58. The van der Waals surface area contributed by atoms with Crippen molar-refractivity contribution in [1.82, 2.24) is 4.90 Å². The van der Waals surface area contributed by atoms with Gasteiger partial charge in [-0.1, -0.05) is 67.6 Å². The van der Waals surface area contributed by atoms with Gasteiger partial charge in [-0.3, -0.25) is 9.59 Å². The molecule has 5 nitrogen and oxygen atoms in total. The Hall–Kier alpha value is -3.44. The van der Waals surface area contributed by atoms with Crippen molar-refractivity contribution < 1.29 is 19.4 Å². The van der Waals surface area contributed by atoms with Crippen molar-refractivity contribution in [3.63, 3.8) is 0 Å². The number of amides is 1. The number of aryl methyl sites for hydroxylation is 1. The Labute approximate surface area is 195 Å². The summed E-state index contributed by atoms with van der Waals surface area (Å²) in [7, 11) is 0. The van der Waals surface area contributed by atoms with Crippen LogP contribution in [0.15, 0.2) is 84.9 Å². The number of Topliss-reactive ketones (excluding diaryl/α,β-unsaturated/α-hetero) is 1. The van der Waals surface area contributed by atoms with Gasteiger partial charge in [-0.05, 0) is 42.7 Å². The van der Waals surface area contributed by atoms with Crippen LogP contribution in [0.2, 0.25) is 0 Å². The minimum atomic E-state index is -0.878. The molecule has 0 aliphatic rings. The zero-order valence-electron chi connectivity index (χ0n) is 19.0. The number of ketones is 1. The first kappa shape index (κ1) is 24.2. The number of rotatable bonds is 12. The average Bonchev–Trinajstić information content (AvgIpc) is 2.86. The summed E-state index contributed by atoms with van der Waals surface area (Å²) in [5, 5.41) is 10.6. The zero-order valence-corrected chi connectivity index (χ0v) is 19.0. The highest BCUT2D eigenvalue weighted by atomic mass is 16.5. The summed E-state index contributed by atoms with van der Waals surface area (Å²) >= 11 is 0. The van der Waals surface area contributed by atoms with E-state index in [-0.39, 0.29) is 24.8 Å². The fourth-order valence-corrected chi connectivity index (χ4v) is 3.66. The summed E-state index contributed by atoms with van der Waals surface area (Å²) in [6.45, 7) is 2.68. The summed E-state index contributed by atoms with van der Waals surface area (Å²) in [6, 6.07) is 26.0. The highest BCUT2D eigenvalue weighted by Gasteiger charge is 2.20. The number of aliphatic hydroxyl groups is 1. The molecule has 33 heavy (non-hydrogen) atoms. The van der Waals surface area contributed by atoms with Crippen LogP contribution in [-0.2, 0) is 6.42 Å². The lowest BCUT2D eigenvalue weighted by molar-refractivity contribution is 0.0500. The molecule has 3 rings (SSSR count). The van der Waals surface area contributed by atoms with E-state index in [4.69, 9.17) is 4.74 Å². The average molecular weight is 446 g/mol. The minimum Gasteiger partial charge on any atom is -0.490 e. The summed E-state index contributed by atoms with van der Waals surface area (Å²) in [4.78, 5) is 27.2. The van der Waals surface area contributed by atoms with E-state index in [1.807, 2.05) is 55.5 Å². The second-order valence-corrected chi connectivity index (χ2v) is 7.99. The predicted molar refractivity (Wildman–Crippen MR) is 130 cm³/mol. The van der Waals surface area contributed by atoms with Crippen molar-refractivity contribution in [3.05, 3.63) is 102 Å². The summed E-state index contributed by atoms with van der Waals surface area (Å²) in [5.41, 5.74) is 2.21. The molecule has 0 aliphatic carbocycles. The third kappa shape index (κ3) is 7.29. The predicted octanol–water partition coefficient (Wildman–Crippen LogP) is 4.79. The van der Waals surface area contributed by atoms with Gasteiger partial charge in [-0.2, -0.15) is 0 Å². The second kappa shape index (κ2) is 12.6. The number of para-hydroxylation sites is 1. The van der Waals surface area contributed by atoms with Crippen molar-refractivity contribution in [1.29, 1.82) is 0 Å². The maximum atomic E-state index is 12.8. The van der Waals surface area contributed by atoms with Crippen LogP contribution in [0.25, 0.3) is 0 Å². The molecule has 0 fully saturated rings. The largest absolute Gasteiger partial charge is 0.490 e. The first-order valence-electron chi connectivity index (χ1n) is 11.4. The molecule has 1 N–H and O–H groups in total. The van der Waals surface area contributed by atoms with Gasteiger partial charge in [0.25, 0.3) is 5.91 Å². The second-order valence-electron chi connectivity index (χ2n) is 7.99. The molecule has 0 aromatic heterocycles. The number of ether oxygens (including phenoxy) is 1. The van der Waals surface area contributed by atoms with Crippen molar-refractivity contribution in [2.24, 2.45) is 0 Å². The Kier molecular flexibility index (Phi) is 9.21. The first-order chi connectivity index (χ1) is 16.1. The fraction of sp³-hybridized carbons (Fsp3) is 0.286. The maximum absolute atomic E-state index is 12.8. The Bertz CT molecular complexity index is 1020. The minimum absolute atomic E-state index is 0.00388. The lowest BCUT2D eigenvalue weighted by atomic mass is 10.0. The molecule has 5 heteroatoms. The molecule has 3 aromatic rings. The Morgan fingerprint density at radius 1 is 0.909 bits per heavy atom. The molecule has 1 atom stereocenters. The van der Waals surface area contributed by atoms with Gasteiger partial charge in [-0.25, -0.2) is 0 Å². The first-order valence-corrected chi connectivity index (χ1v) is 11.4. The van der Waals surface area contributed by atoms with Crippen molar-refractivity contribution >= 4 is 11.7 Å². The van der Waals surface area contributed by atoms with Gasteiger partial charge < -0.3 is 14.7 Å². The molecule has 1 amide bonds. The third-order valence-electron chi connectivity index (χ3n) is 5.33. The van der Waals surface area contributed by atoms with E-state index in [1.54, 1.807) is 41.3 Å². The number of benzene rings is 3. The van der Waals surface area contributed by atoms with Crippen LogP contribution in [-0.4, -0.2) is 47.5 Å². The molecular formula is C28H31NO4. The smallest absolute Gasteiger partial charge is 0.253 e. The lowest BCUT2D eigenvalue weighted by Crippen LogP contribution is -2.40. The van der Waals surface area contributed by atoms with Gasteiger partial charge >= 0.3 is 0 Å². The summed E-state index contributed by atoms with van der Waals surface area (Å²) < 4.78 is 5.83. The van der Waals surface area contributed by atoms with Crippen molar-refractivity contribution in [2.45, 2.75) is 32.3 Å². The van der Waals surface area contributed by atoms with Crippen LogP contribution in [0.3, 0.4) is 0 Å². The number of hydrogen-bond donors (Lipinski definition) is 1. The quantitative estimate of drug-likeness (QED) is 0.407. The normalized spacial score (nSPS) is 11.6. The topological polar surface area (TPSA) is 66.8 Å². The molecule has 3 aromatic carbocycles. The van der Waals surface area contributed by atoms with Crippen LogP contribution >= 0.6 is 0 Å². The van der Waals surface area contributed by atoms with E-state index in [2.05, 4.69) is 0 Å².